The van der Waals surface area contributed by atoms with Crippen molar-refractivity contribution in [3.8, 4) is 0 Å². The molecule has 34 heavy (non-hydrogen) atoms. The summed E-state index contributed by atoms with van der Waals surface area (Å²) in [6.07, 6.45) is -6.86. The maximum absolute atomic E-state index is 12.3. The van der Waals surface area contributed by atoms with Gasteiger partial charge in [-0.05, 0) is 0 Å². The van der Waals surface area contributed by atoms with E-state index < -0.39 is 85.0 Å². The topological polar surface area (TPSA) is 190 Å². The highest BCUT2D eigenvalue weighted by Gasteiger charge is 2.57. The molecule has 0 saturated carbocycles. The predicted octanol–water partition coefficient (Wildman–Crippen LogP) is -1.50. The Bertz CT molecular complexity index is 812. The van der Waals surface area contributed by atoms with Crippen molar-refractivity contribution in [3.63, 3.8) is 0 Å². The third-order valence-electron chi connectivity index (χ3n) is 4.52. The first kappa shape index (κ1) is 28.8. The third-order valence-corrected chi connectivity index (χ3v) is 4.52. The van der Waals surface area contributed by atoms with Crippen LogP contribution in [0.2, 0.25) is 0 Å². The van der Waals surface area contributed by atoms with Crippen molar-refractivity contribution in [2.24, 2.45) is 0 Å². The molecule has 0 aromatic heterocycles. The van der Waals surface area contributed by atoms with Crippen LogP contribution in [0.15, 0.2) is 0 Å². The third kappa shape index (κ3) is 8.26. The second-order valence-electron chi connectivity index (χ2n) is 7.46. The maximum Gasteiger partial charge on any atom is 0.366 e. The summed E-state index contributed by atoms with van der Waals surface area (Å²) in [7, 11) is 0.964. The molecule has 0 aromatic carbocycles. The van der Waals surface area contributed by atoms with Gasteiger partial charge < -0.3 is 38.8 Å². The van der Waals surface area contributed by atoms with Crippen LogP contribution >= 0.6 is 0 Å². The Hall–Kier alpha value is -3.26. The van der Waals surface area contributed by atoms with Gasteiger partial charge in [0.05, 0.1) is 19.6 Å². The van der Waals surface area contributed by atoms with Gasteiger partial charge in [-0.1, -0.05) is 0 Å². The van der Waals surface area contributed by atoms with Gasteiger partial charge in [0.25, 0.3) is 5.79 Å². The summed E-state index contributed by atoms with van der Waals surface area (Å²) in [5.41, 5.74) is 0. The fraction of sp³-hybridized carbons (Fsp3) is 0.700. The number of methoxy groups -OCH3 is 1. The molecule has 1 heterocycles. The van der Waals surface area contributed by atoms with E-state index in [1.807, 2.05) is 0 Å². The number of nitrogens with one attached hydrogen (secondary N) is 1. The van der Waals surface area contributed by atoms with E-state index in [0.29, 0.717) is 0 Å². The fourth-order valence-corrected chi connectivity index (χ4v) is 3.41. The van der Waals surface area contributed by atoms with Crippen LogP contribution in [0.25, 0.3) is 0 Å². The van der Waals surface area contributed by atoms with E-state index in [1.165, 1.54) is 0 Å². The highest BCUT2D eigenvalue weighted by Crippen LogP contribution is 2.34. The zero-order chi connectivity index (χ0) is 26.2. The summed E-state index contributed by atoms with van der Waals surface area (Å²) in [4.78, 5) is 70.9. The van der Waals surface area contributed by atoms with Gasteiger partial charge >= 0.3 is 29.8 Å². The zero-order valence-electron chi connectivity index (χ0n) is 19.6. The number of carbonyl (C=O) groups excluding carboxylic acids is 6. The van der Waals surface area contributed by atoms with Crippen molar-refractivity contribution in [2.75, 3.05) is 13.7 Å². The van der Waals surface area contributed by atoms with Gasteiger partial charge in [0, 0.05) is 34.6 Å². The molecule has 1 amide bonds. The molecule has 0 radical (unpaired) electrons. The van der Waals surface area contributed by atoms with E-state index in [-0.39, 0.29) is 0 Å². The molecule has 0 aromatic rings. The van der Waals surface area contributed by atoms with Gasteiger partial charge in [-0.25, -0.2) is 4.79 Å². The molecule has 0 spiro atoms. The summed E-state index contributed by atoms with van der Waals surface area (Å²) in [5, 5.41) is 13.3. The molecule has 1 fully saturated rings. The lowest BCUT2D eigenvalue weighted by atomic mass is 9.88. The Morgan fingerprint density at radius 3 is 2.00 bits per heavy atom. The number of ether oxygens (including phenoxy) is 6. The molecular formula is C20H29NO13. The quantitative estimate of drug-likeness (QED) is 0.280. The smallest absolute Gasteiger partial charge is 0.366 e. The zero-order valence-corrected chi connectivity index (χ0v) is 19.6. The van der Waals surface area contributed by atoms with E-state index in [0.717, 1.165) is 41.7 Å². The predicted molar refractivity (Wildman–Crippen MR) is 107 cm³/mol. The maximum atomic E-state index is 12.3. The highest BCUT2D eigenvalue weighted by molar-refractivity contribution is 5.78. The second kappa shape index (κ2) is 12.3. The molecule has 1 rings (SSSR count). The first-order chi connectivity index (χ1) is 15.7. The molecular weight excluding hydrogens is 462 g/mol. The monoisotopic (exact) mass is 491 g/mol. The van der Waals surface area contributed by atoms with Gasteiger partial charge in [0.2, 0.25) is 5.91 Å². The van der Waals surface area contributed by atoms with Crippen molar-refractivity contribution in [1.82, 2.24) is 5.32 Å². The van der Waals surface area contributed by atoms with Crippen LogP contribution in [-0.4, -0.2) is 90.8 Å². The molecule has 14 heteroatoms. The number of hydrogen-bond acceptors (Lipinski definition) is 13. The van der Waals surface area contributed by atoms with E-state index in [9.17, 15) is 33.9 Å². The number of amides is 1. The Morgan fingerprint density at radius 1 is 0.971 bits per heavy atom. The Balaban J connectivity index is 3.64. The minimum absolute atomic E-state index is 0.617. The van der Waals surface area contributed by atoms with Crippen LogP contribution in [-0.2, 0) is 57.2 Å². The Morgan fingerprint density at radius 2 is 1.56 bits per heavy atom. The van der Waals surface area contributed by atoms with E-state index in [2.05, 4.69) is 10.1 Å². The fourth-order valence-electron chi connectivity index (χ4n) is 3.41. The first-order valence-electron chi connectivity index (χ1n) is 10.1. The van der Waals surface area contributed by atoms with Crippen LogP contribution in [0, 0.1) is 0 Å². The number of carbonyl (C=O) groups is 6. The molecule has 1 saturated heterocycles. The molecule has 0 bridgehead atoms. The standard InChI is InChI=1S/C20H29NO13/c1-9(22)21-16-14(31-11(3)24)7-20(28,19(27)29-6)34-18(16)17(33-13(5)26)15(32-12(4)25)8-30-10(2)23/h14-18,28H,7-8H2,1-6H3,(H,21,22)/t14-,15+,16+,17+,18+,20?/m0/s1. The lowest BCUT2D eigenvalue weighted by Gasteiger charge is -2.46. The lowest BCUT2D eigenvalue weighted by molar-refractivity contribution is -0.299. The minimum atomic E-state index is -2.71. The average molecular weight is 491 g/mol. The van der Waals surface area contributed by atoms with Crippen molar-refractivity contribution < 1.29 is 62.3 Å². The molecule has 6 atom stereocenters. The molecule has 192 valence electrons. The number of rotatable bonds is 9. The summed E-state index contributed by atoms with van der Waals surface area (Å²) in [6, 6.07) is -1.31. The largest absolute Gasteiger partial charge is 0.465 e. The van der Waals surface area contributed by atoms with Gasteiger partial charge in [0.15, 0.2) is 12.2 Å². The van der Waals surface area contributed by atoms with Gasteiger partial charge in [-0.2, -0.15) is 0 Å². The SMILES string of the molecule is COC(=O)C1(O)C[C@H](OC(C)=O)[C@@H](NC(C)=O)[C@H]([C@H](OC(C)=O)[C@@H](COC(C)=O)OC(C)=O)O1. The summed E-state index contributed by atoms with van der Waals surface area (Å²) < 4.78 is 30.6. The van der Waals surface area contributed by atoms with Crippen molar-refractivity contribution in [3.05, 3.63) is 0 Å². The van der Waals surface area contributed by atoms with Crippen LogP contribution in [0.3, 0.4) is 0 Å². The number of hydrogen-bond donors (Lipinski definition) is 2. The number of aliphatic hydroxyl groups is 1. The molecule has 1 aliphatic heterocycles. The highest BCUT2D eigenvalue weighted by atomic mass is 16.7. The molecule has 1 unspecified atom stereocenters. The van der Waals surface area contributed by atoms with E-state index >= 15 is 0 Å². The van der Waals surface area contributed by atoms with Crippen molar-refractivity contribution in [2.45, 2.75) is 77.3 Å². The van der Waals surface area contributed by atoms with Crippen LogP contribution in [0.4, 0.5) is 0 Å². The van der Waals surface area contributed by atoms with Gasteiger partial charge in [0.1, 0.15) is 18.8 Å². The van der Waals surface area contributed by atoms with Crippen LogP contribution < -0.4 is 5.32 Å². The molecule has 1 aliphatic rings. The minimum Gasteiger partial charge on any atom is -0.465 e. The van der Waals surface area contributed by atoms with Gasteiger partial charge in [-0.3, -0.25) is 24.0 Å². The summed E-state index contributed by atoms with van der Waals surface area (Å²) in [5.74, 6) is -7.98. The normalized spacial score (nSPS) is 25.7. The Kier molecular flexibility index (Phi) is 10.4. The van der Waals surface area contributed by atoms with E-state index in [4.69, 9.17) is 23.7 Å². The molecule has 0 aliphatic carbocycles. The summed E-state index contributed by atoms with van der Waals surface area (Å²) >= 11 is 0. The molecule has 2 N–H and O–H groups in total. The van der Waals surface area contributed by atoms with Crippen molar-refractivity contribution in [1.29, 1.82) is 0 Å². The Labute approximate surface area is 195 Å². The average Bonchev–Trinajstić information content (AvgIpc) is 2.69. The van der Waals surface area contributed by atoms with Crippen LogP contribution in [0.1, 0.15) is 41.0 Å². The van der Waals surface area contributed by atoms with Crippen LogP contribution in [0.5, 0.6) is 0 Å². The number of esters is 5. The molecule has 14 nitrogen and oxygen atoms in total. The van der Waals surface area contributed by atoms with Gasteiger partial charge in [-0.15, -0.1) is 0 Å². The first-order valence-corrected chi connectivity index (χ1v) is 10.1. The van der Waals surface area contributed by atoms with Crippen molar-refractivity contribution >= 4 is 35.8 Å². The van der Waals surface area contributed by atoms with E-state index in [1.54, 1.807) is 0 Å². The lowest BCUT2D eigenvalue weighted by Crippen LogP contribution is -2.68. The summed E-state index contributed by atoms with van der Waals surface area (Å²) in [6.45, 7) is 4.69. The second-order valence-corrected chi connectivity index (χ2v) is 7.46.